The molecule has 0 aliphatic heterocycles. The van der Waals surface area contributed by atoms with Crippen LogP contribution in [0.25, 0.3) is 128 Å². The highest BCUT2D eigenvalue weighted by molar-refractivity contribution is 6.22. The SMILES string of the molecule is Cc1ccccc1-c1c(C)ccc2c1-c1cc3c(cc1C2(C)C)-c1ccc(N(c2ccc4c(c2)C(C)(C)c2cc(-c5ccc6c(c5)C=CCC6)c5oc6ccccc6c5c2-4)c2ccc4c(c2)C(C)(C)c2c5c(c6oc7ccccc7c6c2-4)-c2ccccc2C5(C)C)cc1C3(C)C. The predicted molar refractivity (Wildman–Crippen MR) is 401 cm³/mol. The van der Waals surface area contributed by atoms with E-state index in [2.05, 4.69) is 300 Å². The largest absolute Gasteiger partial charge is 0.455 e. The molecular formula is C93H75NO2. The van der Waals surface area contributed by atoms with Gasteiger partial charge in [-0.2, -0.15) is 0 Å². The van der Waals surface area contributed by atoms with Gasteiger partial charge in [-0.3, -0.25) is 0 Å². The molecule has 6 aliphatic rings. The van der Waals surface area contributed by atoms with Crippen molar-refractivity contribution >= 4 is 67.0 Å². The van der Waals surface area contributed by atoms with E-state index in [0.717, 1.165) is 63.2 Å². The Morgan fingerprint density at radius 2 is 0.854 bits per heavy atom. The molecule has 0 amide bonds. The average molecular weight is 1240 g/mol. The van der Waals surface area contributed by atoms with Crippen molar-refractivity contribution in [2.75, 3.05) is 4.90 Å². The lowest BCUT2D eigenvalue weighted by Gasteiger charge is -2.32. The summed E-state index contributed by atoms with van der Waals surface area (Å²) in [4.78, 5) is 2.59. The molecule has 12 aromatic carbocycles. The Labute approximate surface area is 562 Å². The van der Waals surface area contributed by atoms with Crippen LogP contribution in [-0.4, -0.2) is 0 Å². The molecule has 2 aromatic heterocycles. The van der Waals surface area contributed by atoms with E-state index in [9.17, 15) is 0 Å². The smallest absolute Gasteiger partial charge is 0.144 e. The first-order chi connectivity index (χ1) is 46.2. The molecule has 14 aromatic rings. The summed E-state index contributed by atoms with van der Waals surface area (Å²) in [6, 6.07) is 77.1. The third-order valence-corrected chi connectivity index (χ3v) is 24.5. The van der Waals surface area contributed by atoms with E-state index in [4.69, 9.17) is 8.83 Å². The van der Waals surface area contributed by atoms with Gasteiger partial charge in [0.2, 0.25) is 0 Å². The molecule has 0 saturated carbocycles. The number of hydrogen-bond donors (Lipinski definition) is 0. The number of anilines is 3. The summed E-state index contributed by atoms with van der Waals surface area (Å²) in [5.74, 6) is 0. The Morgan fingerprint density at radius 3 is 1.57 bits per heavy atom. The molecule has 96 heavy (non-hydrogen) atoms. The van der Waals surface area contributed by atoms with Crippen molar-refractivity contribution in [1.29, 1.82) is 0 Å². The van der Waals surface area contributed by atoms with Crippen LogP contribution < -0.4 is 4.90 Å². The summed E-state index contributed by atoms with van der Waals surface area (Å²) in [5, 5.41) is 4.73. The minimum Gasteiger partial charge on any atom is -0.455 e. The van der Waals surface area contributed by atoms with Gasteiger partial charge in [-0.15, -0.1) is 0 Å². The van der Waals surface area contributed by atoms with E-state index in [0.29, 0.717) is 0 Å². The van der Waals surface area contributed by atoms with Crippen LogP contribution in [0.5, 0.6) is 0 Å². The van der Waals surface area contributed by atoms with E-state index >= 15 is 0 Å². The Balaban J connectivity index is 0.799. The molecule has 0 N–H and O–H groups in total. The van der Waals surface area contributed by atoms with Crippen molar-refractivity contribution in [3.05, 3.63) is 284 Å². The number of nitrogens with zero attached hydrogens (tertiary/aromatic N) is 1. The van der Waals surface area contributed by atoms with Crippen LogP contribution in [0.15, 0.2) is 215 Å². The van der Waals surface area contributed by atoms with E-state index in [1.54, 1.807) is 0 Å². The quantitative estimate of drug-likeness (QED) is 0.172. The molecule has 0 spiro atoms. The lowest BCUT2D eigenvalue weighted by atomic mass is 9.72. The molecule has 0 atom stereocenters. The highest BCUT2D eigenvalue weighted by Gasteiger charge is 2.50. The van der Waals surface area contributed by atoms with Crippen molar-refractivity contribution in [2.24, 2.45) is 0 Å². The third kappa shape index (κ3) is 7.03. The summed E-state index contributed by atoms with van der Waals surface area (Å²) < 4.78 is 14.2. The van der Waals surface area contributed by atoms with Crippen LogP contribution in [0.2, 0.25) is 0 Å². The van der Waals surface area contributed by atoms with Gasteiger partial charge in [-0.05, 0) is 244 Å². The molecular weight excluding hydrogens is 1160 g/mol. The van der Waals surface area contributed by atoms with E-state index < -0.39 is 0 Å². The minimum atomic E-state index is -0.388. The van der Waals surface area contributed by atoms with Crippen LogP contribution >= 0.6 is 0 Å². The maximum absolute atomic E-state index is 7.14. The van der Waals surface area contributed by atoms with Crippen LogP contribution in [0.3, 0.4) is 0 Å². The zero-order valence-corrected chi connectivity index (χ0v) is 56.9. The van der Waals surface area contributed by atoms with Crippen LogP contribution in [0.4, 0.5) is 17.1 Å². The molecule has 0 radical (unpaired) electrons. The van der Waals surface area contributed by atoms with E-state index in [1.165, 1.54) is 166 Å². The number of allylic oxidation sites excluding steroid dienone is 1. The Kier molecular flexibility index (Phi) is 10.9. The van der Waals surface area contributed by atoms with Gasteiger partial charge in [-0.1, -0.05) is 209 Å². The first kappa shape index (κ1) is 56.2. The lowest BCUT2D eigenvalue weighted by Crippen LogP contribution is -2.24. The topological polar surface area (TPSA) is 29.5 Å². The molecule has 2 heterocycles. The molecule has 6 aliphatic carbocycles. The van der Waals surface area contributed by atoms with E-state index in [-0.39, 0.29) is 27.1 Å². The number of benzene rings is 12. The fraction of sp³-hybridized carbons (Fsp3) is 0.204. The minimum absolute atomic E-state index is 0.191. The number of furan rings is 2. The Hall–Kier alpha value is -10.2. The zero-order valence-electron chi connectivity index (χ0n) is 56.9. The molecule has 20 rings (SSSR count). The average Bonchev–Trinajstić information content (AvgIpc) is 1.50. The second-order valence-electron chi connectivity index (χ2n) is 31.4. The van der Waals surface area contributed by atoms with Crippen molar-refractivity contribution in [3.8, 4) is 77.9 Å². The Bertz CT molecular complexity index is 5960. The van der Waals surface area contributed by atoms with Gasteiger partial charge in [0.1, 0.15) is 22.3 Å². The normalized spacial score (nSPS) is 16.6. The second-order valence-corrected chi connectivity index (χ2v) is 31.4. The maximum atomic E-state index is 7.14. The molecule has 0 unspecified atom stereocenters. The highest BCUT2D eigenvalue weighted by Crippen LogP contribution is 2.65. The van der Waals surface area contributed by atoms with Gasteiger partial charge >= 0.3 is 0 Å². The summed E-state index contributed by atoms with van der Waals surface area (Å²) in [6.45, 7) is 29.1. The molecule has 464 valence electrons. The number of para-hydroxylation sites is 2. The van der Waals surface area contributed by atoms with E-state index in [1.807, 2.05) is 0 Å². The Morgan fingerprint density at radius 1 is 0.333 bits per heavy atom. The molecule has 3 heteroatoms. The van der Waals surface area contributed by atoms with Crippen LogP contribution in [0.1, 0.15) is 154 Å². The fourth-order valence-electron chi connectivity index (χ4n) is 19.6. The summed E-state index contributed by atoms with van der Waals surface area (Å²) in [5.41, 5.74) is 42.7. The van der Waals surface area contributed by atoms with Gasteiger partial charge < -0.3 is 13.7 Å². The number of fused-ring (bicyclic) bond motifs is 26. The third-order valence-electron chi connectivity index (χ3n) is 24.5. The first-order valence-electron chi connectivity index (χ1n) is 34.8. The second kappa shape index (κ2) is 18.6. The highest BCUT2D eigenvalue weighted by atomic mass is 16.3. The van der Waals surface area contributed by atoms with Gasteiger partial charge in [-0.25, -0.2) is 0 Å². The van der Waals surface area contributed by atoms with Crippen molar-refractivity contribution in [1.82, 2.24) is 0 Å². The summed E-state index contributed by atoms with van der Waals surface area (Å²) in [7, 11) is 0. The number of hydrogen-bond acceptors (Lipinski definition) is 3. The molecule has 3 nitrogen and oxygen atoms in total. The monoisotopic (exact) mass is 1240 g/mol. The van der Waals surface area contributed by atoms with Crippen molar-refractivity contribution < 1.29 is 8.83 Å². The lowest BCUT2D eigenvalue weighted by molar-refractivity contribution is 0.600. The molecule has 0 saturated heterocycles. The number of aryl methyl sites for hydroxylation is 3. The van der Waals surface area contributed by atoms with Gasteiger partial charge in [0.15, 0.2) is 0 Å². The predicted octanol–water partition coefficient (Wildman–Crippen LogP) is 25.4. The first-order valence-corrected chi connectivity index (χ1v) is 34.8. The molecule has 0 fully saturated rings. The summed E-state index contributed by atoms with van der Waals surface area (Å²) >= 11 is 0. The fourth-order valence-corrected chi connectivity index (χ4v) is 19.6. The van der Waals surface area contributed by atoms with Crippen LogP contribution in [-0.2, 0) is 33.5 Å². The van der Waals surface area contributed by atoms with Gasteiger partial charge in [0.05, 0.1) is 0 Å². The standard InChI is InChI=1S/C93H75NO2/c1-50-23-13-16-26-58(50)78-51(2)33-42-69-80(78)67-49-73-66(48-74(67)89(69,3)4)59-39-36-55(44-70(59)90(73,5)6)94(57-38-41-62-72(46-57)93(11,12)85-81(62)83-64-29-19-22-32-77(64)96-88(83)84-60-27-17-20-30-68(60)92(9,10)86(84)85)56-37-40-61-71(45-56)91(7,8)75-47-65(54-35-34-52-24-14-15-25-53(52)43-54)87-82(79(61)75)63-28-18-21-31-76(63)95-87/h13,15-23,25-49H,14,24H2,1-12H3. The van der Waals surface area contributed by atoms with Gasteiger partial charge in [0.25, 0.3) is 0 Å². The maximum Gasteiger partial charge on any atom is 0.144 e. The van der Waals surface area contributed by atoms with Crippen LogP contribution in [0, 0.1) is 13.8 Å². The number of rotatable bonds is 5. The van der Waals surface area contributed by atoms with Crippen molar-refractivity contribution in [3.63, 3.8) is 0 Å². The zero-order chi connectivity index (χ0) is 65.2. The van der Waals surface area contributed by atoms with Gasteiger partial charge in [0, 0.05) is 76.8 Å². The molecule has 0 bridgehead atoms. The summed E-state index contributed by atoms with van der Waals surface area (Å²) in [6.07, 6.45) is 6.77. The van der Waals surface area contributed by atoms with Crippen molar-refractivity contribution in [2.45, 2.75) is 123 Å².